The molecule has 0 fully saturated rings. The molecule has 0 aromatic heterocycles. The van der Waals surface area contributed by atoms with Crippen LogP contribution in [0, 0.1) is 12.7 Å². The van der Waals surface area contributed by atoms with Gasteiger partial charge in [-0.2, -0.15) is 0 Å². The molecule has 0 heterocycles. The number of aliphatic hydroxyl groups is 1. The second-order valence-electron chi connectivity index (χ2n) is 4.28. The molecule has 2 atom stereocenters. The quantitative estimate of drug-likeness (QED) is 0.855. The van der Waals surface area contributed by atoms with Gasteiger partial charge in [0, 0.05) is 7.11 Å². The Kier molecular flexibility index (Phi) is 4.05. The highest BCUT2D eigenvalue weighted by Gasteiger charge is 2.32. The van der Waals surface area contributed by atoms with E-state index in [1.165, 1.54) is 6.07 Å². The van der Waals surface area contributed by atoms with Crippen molar-refractivity contribution in [1.29, 1.82) is 0 Å². The van der Waals surface area contributed by atoms with Gasteiger partial charge in [0.15, 0.2) is 0 Å². The minimum atomic E-state index is -0.822. The minimum absolute atomic E-state index is 0.300. The Labute approximate surface area is 96.1 Å². The standard InChI is InChI=1S/C13H19FO2/c1-5-13(3,16-4)12(15)10-7-6-9(2)11(14)8-10/h6-8,12,15H,5H2,1-4H3. The van der Waals surface area contributed by atoms with Crippen molar-refractivity contribution in [3.05, 3.63) is 35.1 Å². The summed E-state index contributed by atoms with van der Waals surface area (Å²) in [6, 6.07) is 4.77. The number of hydrogen-bond acceptors (Lipinski definition) is 2. The van der Waals surface area contributed by atoms with E-state index < -0.39 is 11.7 Å². The Morgan fingerprint density at radius 1 is 1.50 bits per heavy atom. The molecule has 3 heteroatoms. The van der Waals surface area contributed by atoms with E-state index in [0.717, 1.165) is 0 Å². The summed E-state index contributed by atoms with van der Waals surface area (Å²) < 4.78 is 18.7. The van der Waals surface area contributed by atoms with Gasteiger partial charge in [0.2, 0.25) is 0 Å². The number of methoxy groups -OCH3 is 1. The lowest BCUT2D eigenvalue weighted by Crippen LogP contribution is -2.34. The highest BCUT2D eigenvalue weighted by atomic mass is 19.1. The van der Waals surface area contributed by atoms with E-state index in [1.54, 1.807) is 26.2 Å². The van der Waals surface area contributed by atoms with Gasteiger partial charge in [0.25, 0.3) is 0 Å². The number of ether oxygens (including phenoxy) is 1. The van der Waals surface area contributed by atoms with Gasteiger partial charge in [-0.15, -0.1) is 0 Å². The third-order valence-corrected chi connectivity index (χ3v) is 3.26. The van der Waals surface area contributed by atoms with Crippen molar-refractivity contribution in [2.24, 2.45) is 0 Å². The lowest BCUT2D eigenvalue weighted by atomic mass is 9.90. The Morgan fingerprint density at radius 3 is 2.56 bits per heavy atom. The molecule has 90 valence electrons. The van der Waals surface area contributed by atoms with Gasteiger partial charge in [-0.25, -0.2) is 4.39 Å². The normalized spacial score (nSPS) is 16.9. The molecule has 1 aromatic carbocycles. The molecule has 0 bridgehead atoms. The lowest BCUT2D eigenvalue weighted by molar-refractivity contribution is -0.0944. The van der Waals surface area contributed by atoms with Crippen LogP contribution in [0.1, 0.15) is 37.5 Å². The minimum Gasteiger partial charge on any atom is -0.385 e. The number of halogens is 1. The van der Waals surface area contributed by atoms with Crippen LogP contribution in [-0.2, 0) is 4.74 Å². The summed E-state index contributed by atoms with van der Waals surface area (Å²) in [5.41, 5.74) is 0.447. The fourth-order valence-corrected chi connectivity index (χ4v) is 1.58. The summed E-state index contributed by atoms with van der Waals surface area (Å²) in [6.45, 7) is 5.44. The van der Waals surface area contributed by atoms with Crippen LogP contribution in [-0.4, -0.2) is 17.8 Å². The number of rotatable bonds is 4. The largest absolute Gasteiger partial charge is 0.385 e. The fraction of sp³-hybridized carbons (Fsp3) is 0.538. The van der Waals surface area contributed by atoms with E-state index in [9.17, 15) is 9.50 Å². The van der Waals surface area contributed by atoms with Crippen molar-refractivity contribution in [3.63, 3.8) is 0 Å². The molecule has 1 N–H and O–H groups in total. The molecule has 16 heavy (non-hydrogen) atoms. The first kappa shape index (κ1) is 13.1. The van der Waals surface area contributed by atoms with E-state index in [0.29, 0.717) is 17.5 Å². The van der Waals surface area contributed by atoms with Crippen LogP contribution in [0.3, 0.4) is 0 Å². The molecule has 0 spiro atoms. The fourth-order valence-electron chi connectivity index (χ4n) is 1.58. The molecule has 1 aromatic rings. The summed E-state index contributed by atoms with van der Waals surface area (Å²) >= 11 is 0. The Hall–Kier alpha value is -0.930. The average Bonchev–Trinajstić information content (AvgIpc) is 2.30. The monoisotopic (exact) mass is 226 g/mol. The van der Waals surface area contributed by atoms with Crippen LogP contribution >= 0.6 is 0 Å². The van der Waals surface area contributed by atoms with Gasteiger partial charge in [0.05, 0.1) is 5.60 Å². The van der Waals surface area contributed by atoms with Crippen LogP contribution in [0.2, 0.25) is 0 Å². The van der Waals surface area contributed by atoms with Crippen molar-refractivity contribution in [1.82, 2.24) is 0 Å². The average molecular weight is 226 g/mol. The number of aliphatic hydroxyl groups excluding tert-OH is 1. The van der Waals surface area contributed by atoms with Crippen LogP contribution in [0.5, 0.6) is 0 Å². The van der Waals surface area contributed by atoms with Crippen molar-refractivity contribution >= 4 is 0 Å². The highest BCUT2D eigenvalue weighted by Crippen LogP contribution is 2.31. The van der Waals surface area contributed by atoms with Crippen molar-refractivity contribution in [3.8, 4) is 0 Å². The predicted molar refractivity (Wildman–Crippen MR) is 61.8 cm³/mol. The molecule has 0 aliphatic carbocycles. The van der Waals surface area contributed by atoms with Crippen LogP contribution in [0.4, 0.5) is 4.39 Å². The van der Waals surface area contributed by atoms with Gasteiger partial charge in [-0.05, 0) is 37.5 Å². The van der Waals surface area contributed by atoms with Crippen LogP contribution in [0.25, 0.3) is 0 Å². The molecule has 0 saturated carbocycles. The van der Waals surface area contributed by atoms with Crippen LogP contribution < -0.4 is 0 Å². The predicted octanol–water partition coefficient (Wildman–Crippen LogP) is 2.98. The highest BCUT2D eigenvalue weighted by molar-refractivity contribution is 5.26. The maximum absolute atomic E-state index is 13.4. The zero-order valence-electron chi connectivity index (χ0n) is 10.2. The van der Waals surface area contributed by atoms with Crippen LogP contribution in [0.15, 0.2) is 18.2 Å². The number of aryl methyl sites for hydroxylation is 1. The molecular formula is C13H19FO2. The number of hydrogen-bond donors (Lipinski definition) is 1. The molecule has 0 radical (unpaired) electrons. The summed E-state index contributed by atoms with van der Waals surface area (Å²) in [4.78, 5) is 0. The second kappa shape index (κ2) is 4.93. The van der Waals surface area contributed by atoms with E-state index >= 15 is 0 Å². The molecule has 2 unspecified atom stereocenters. The van der Waals surface area contributed by atoms with E-state index in [-0.39, 0.29) is 5.82 Å². The molecule has 0 amide bonds. The summed E-state index contributed by atoms with van der Waals surface area (Å²) in [5, 5.41) is 10.2. The maximum atomic E-state index is 13.4. The molecule has 0 saturated heterocycles. The molecule has 0 aliphatic heterocycles. The third kappa shape index (κ3) is 2.42. The Balaban J connectivity index is 3.04. The summed E-state index contributed by atoms with van der Waals surface area (Å²) in [7, 11) is 1.55. The van der Waals surface area contributed by atoms with Gasteiger partial charge in [0.1, 0.15) is 11.9 Å². The smallest absolute Gasteiger partial charge is 0.126 e. The van der Waals surface area contributed by atoms with Crippen molar-refractivity contribution < 1.29 is 14.2 Å². The first-order chi connectivity index (χ1) is 7.44. The first-order valence-corrected chi connectivity index (χ1v) is 5.44. The zero-order chi connectivity index (χ0) is 12.3. The lowest BCUT2D eigenvalue weighted by Gasteiger charge is -2.32. The summed E-state index contributed by atoms with van der Waals surface area (Å²) in [6.07, 6.45) is -0.169. The van der Waals surface area contributed by atoms with Gasteiger partial charge < -0.3 is 9.84 Å². The number of benzene rings is 1. The second-order valence-corrected chi connectivity index (χ2v) is 4.28. The van der Waals surface area contributed by atoms with E-state index in [4.69, 9.17) is 4.74 Å². The molecule has 2 nitrogen and oxygen atoms in total. The van der Waals surface area contributed by atoms with E-state index in [1.807, 2.05) is 13.8 Å². The molecule has 0 aliphatic rings. The SMILES string of the molecule is CCC(C)(OC)C(O)c1ccc(C)c(F)c1. The molecule has 1 rings (SSSR count). The van der Waals surface area contributed by atoms with Crippen molar-refractivity contribution in [2.45, 2.75) is 38.9 Å². The first-order valence-electron chi connectivity index (χ1n) is 5.44. The maximum Gasteiger partial charge on any atom is 0.126 e. The Bertz CT molecular complexity index is 359. The van der Waals surface area contributed by atoms with Crippen molar-refractivity contribution in [2.75, 3.05) is 7.11 Å². The molecular weight excluding hydrogens is 207 g/mol. The summed E-state index contributed by atoms with van der Waals surface area (Å²) in [5.74, 6) is -0.300. The van der Waals surface area contributed by atoms with Gasteiger partial charge in [-0.1, -0.05) is 19.1 Å². The topological polar surface area (TPSA) is 29.5 Å². The Morgan fingerprint density at radius 2 is 2.12 bits per heavy atom. The third-order valence-electron chi connectivity index (χ3n) is 3.26. The zero-order valence-corrected chi connectivity index (χ0v) is 10.2. The van der Waals surface area contributed by atoms with E-state index in [2.05, 4.69) is 0 Å². The van der Waals surface area contributed by atoms with Gasteiger partial charge in [-0.3, -0.25) is 0 Å². The van der Waals surface area contributed by atoms with Gasteiger partial charge >= 0.3 is 0 Å².